The lowest BCUT2D eigenvalue weighted by molar-refractivity contribution is -0.321. The Hall–Kier alpha value is -2.45. The summed E-state index contributed by atoms with van der Waals surface area (Å²) in [5.74, 6) is -0.608. The summed E-state index contributed by atoms with van der Waals surface area (Å²) in [6, 6.07) is 9.58. The van der Waals surface area contributed by atoms with Crippen LogP contribution in [0.1, 0.15) is 33.3 Å². The van der Waals surface area contributed by atoms with Gasteiger partial charge in [-0.2, -0.15) is 4.89 Å². The van der Waals surface area contributed by atoms with Gasteiger partial charge >= 0.3 is 5.97 Å². The van der Waals surface area contributed by atoms with Crippen LogP contribution in [0.5, 0.6) is 0 Å². The van der Waals surface area contributed by atoms with E-state index in [0.29, 0.717) is 0 Å². The van der Waals surface area contributed by atoms with Gasteiger partial charge in [-0.15, -0.1) is 0 Å². The van der Waals surface area contributed by atoms with Crippen LogP contribution in [-0.2, 0) is 29.6 Å². The Morgan fingerprint density at radius 2 is 1.95 bits per heavy atom. The molecule has 0 bridgehead atoms. The van der Waals surface area contributed by atoms with E-state index >= 15 is 0 Å². The van der Waals surface area contributed by atoms with E-state index in [-0.39, 0.29) is 5.57 Å². The van der Waals surface area contributed by atoms with Gasteiger partial charge < -0.3 is 14.4 Å². The van der Waals surface area contributed by atoms with Crippen molar-refractivity contribution in [2.75, 3.05) is 0 Å². The van der Waals surface area contributed by atoms with Crippen LogP contribution >= 0.6 is 0 Å². The smallest absolute Gasteiger partial charge is 0.340 e. The molecule has 1 unspecified atom stereocenters. The van der Waals surface area contributed by atoms with Crippen LogP contribution in [0.25, 0.3) is 0 Å². The molecule has 0 aromatic heterocycles. The molecule has 0 aliphatic heterocycles. The highest BCUT2D eigenvalue weighted by Gasteiger charge is 2.23. The first-order valence-electron chi connectivity index (χ1n) is 6.76. The zero-order valence-electron chi connectivity index (χ0n) is 13.2. The van der Waals surface area contributed by atoms with E-state index in [2.05, 4.69) is 4.74 Å². The summed E-state index contributed by atoms with van der Waals surface area (Å²) < 4.78 is 9.58. The predicted molar refractivity (Wildman–Crippen MR) is 80.9 cm³/mol. The summed E-state index contributed by atoms with van der Waals surface area (Å²) in [4.78, 5) is 22.1. The van der Waals surface area contributed by atoms with Crippen molar-refractivity contribution in [2.45, 2.75) is 39.6 Å². The molecule has 0 amide bonds. The molecule has 1 aromatic carbocycles. The second-order valence-electron chi connectivity index (χ2n) is 5.07. The van der Waals surface area contributed by atoms with Crippen molar-refractivity contribution in [3.05, 3.63) is 47.7 Å². The number of terminal acetylenes is 1. The van der Waals surface area contributed by atoms with E-state index in [4.69, 9.17) is 20.9 Å². The van der Waals surface area contributed by atoms with Crippen LogP contribution in [0, 0.1) is 12.5 Å². The fourth-order valence-electron chi connectivity index (χ4n) is 1.52. The van der Waals surface area contributed by atoms with E-state index in [1.807, 2.05) is 50.3 Å². The number of carbonyl (C=O) groups excluding carboxylic acids is 1. The first-order valence-corrected chi connectivity index (χ1v) is 6.76. The molecule has 0 spiro atoms. The van der Waals surface area contributed by atoms with Gasteiger partial charge in [0.05, 0.1) is 5.57 Å². The van der Waals surface area contributed by atoms with Crippen molar-refractivity contribution in [3.63, 3.8) is 0 Å². The number of carbonyl (C=O) groups is 1. The Morgan fingerprint density at radius 3 is 2.55 bits per heavy atom. The maximum atomic E-state index is 11.7. The van der Waals surface area contributed by atoms with Crippen LogP contribution in [0.15, 0.2) is 42.2 Å². The first-order chi connectivity index (χ1) is 10.4. The molecule has 0 saturated heterocycles. The molecule has 0 aliphatic rings. The molecule has 0 aliphatic carbocycles. The minimum absolute atomic E-state index is 0.219. The third kappa shape index (κ3) is 5.51. The molecule has 0 saturated carbocycles. The molecule has 1 rings (SSSR count). The van der Waals surface area contributed by atoms with Crippen molar-refractivity contribution in [1.82, 2.24) is 0 Å². The van der Waals surface area contributed by atoms with E-state index in [1.165, 1.54) is 20.1 Å². The molecular formula is C17H20O5. The summed E-state index contributed by atoms with van der Waals surface area (Å²) in [7, 11) is 0. The highest BCUT2D eigenvalue weighted by Crippen LogP contribution is 2.24. The molecule has 0 heterocycles. The summed E-state index contributed by atoms with van der Waals surface area (Å²) in [5, 5.41) is 0. The number of hydrogen-bond donors (Lipinski definition) is 0. The lowest BCUT2D eigenvalue weighted by atomic mass is 9.99. The zero-order valence-corrected chi connectivity index (χ0v) is 13.2. The standard InChI is InChI=1S/C17H20O5/c1-6-19-14(3)21-16(18)13(2)12-20-22-17(4,5)15-10-8-7-9-11-15/h1,7-12,14H,2-5H3. The fourth-order valence-corrected chi connectivity index (χ4v) is 1.52. The molecule has 22 heavy (non-hydrogen) atoms. The predicted octanol–water partition coefficient (Wildman–Crippen LogP) is 3.27. The Kier molecular flexibility index (Phi) is 6.48. The maximum Gasteiger partial charge on any atom is 0.340 e. The van der Waals surface area contributed by atoms with Crippen LogP contribution in [-0.4, -0.2) is 12.3 Å². The average Bonchev–Trinajstić information content (AvgIpc) is 2.48. The van der Waals surface area contributed by atoms with Gasteiger partial charge in [-0.25, -0.2) is 4.79 Å². The summed E-state index contributed by atoms with van der Waals surface area (Å²) in [5.41, 5.74) is 0.498. The minimum atomic E-state index is -0.831. The van der Waals surface area contributed by atoms with Crippen LogP contribution in [0.4, 0.5) is 0 Å². The van der Waals surface area contributed by atoms with Crippen LogP contribution in [0.2, 0.25) is 0 Å². The Bertz CT molecular complexity index is 554. The highest BCUT2D eigenvalue weighted by molar-refractivity contribution is 5.87. The maximum absolute atomic E-state index is 11.7. The van der Waals surface area contributed by atoms with Crippen LogP contribution < -0.4 is 0 Å². The minimum Gasteiger partial charge on any atom is -0.421 e. The van der Waals surface area contributed by atoms with Gasteiger partial charge in [0.25, 0.3) is 6.29 Å². The van der Waals surface area contributed by atoms with Gasteiger partial charge in [0, 0.05) is 6.92 Å². The average molecular weight is 304 g/mol. The van der Waals surface area contributed by atoms with E-state index in [9.17, 15) is 4.79 Å². The second kappa shape index (κ2) is 8.11. The highest BCUT2D eigenvalue weighted by atomic mass is 17.2. The Labute approximate surface area is 130 Å². The summed E-state index contributed by atoms with van der Waals surface area (Å²) in [6.07, 6.45) is 7.23. The van der Waals surface area contributed by atoms with Crippen molar-refractivity contribution >= 4 is 5.97 Å². The monoisotopic (exact) mass is 304 g/mol. The number of ether oxygens (including phenoxy) is 2. The van der Waals surface area contributed by atoms with E-state index in [1.54, 1.807) is 0 Å². The molecule has 5 heteroatoms. The van der Waals surface area contributed by atoms with Gasteiger partial charge in [0.2, 0.25) is 0 Å². The van der Waals surface area contributed by atoms with E-state index in [0.717, 1.165) is 5.56 Å². The van der Waals surface area contributed by atoms with Gasteiger partial charge in [-0.1, -0.05) is 36.8 Å². The first kappa shape index (κ1) is 17.6. The molecule has 5 nitrogen and oxygen atoms in total. The largest absolute Gasteiger partial charge is 0.421 e. The number of hydrogen-bond acceptors (Lipinski definition) is 5. The lowest BCUT2D eigenvalue weighted by Gasteiger charge is -2.23. The normalized spacial score (nSPS) is 13.0. The topological polar surface area (TPSA) is 54.0 Å². The van der Waals surface area contributed by atoms with Gasteiger partial charge in [0.15, 0.2) is 0 Å². The Balaban J connectivity index is 2.54. The summed E-state index contributed by atoms with van der Waals surface area (Å²) in [6.45, 7) is 6.75. The van der Waals surface area contributed by atoms with Crippen molar-refractivity contribution in [1.29, 1.82) is 0 Å². The molecule has 0 N–H and O–H groups in total. The van der Waals surface area contributed by atoms with Crippen LogP contribution in [0.3, 0.4) is 0 Å². The molecule has 118 valence electrons. The zero-order chi connectivity index (χ0) is 16.6. The number of rotatable bonds is 7. The second-order valence-corrected chi connectivity index (χ2v) is 5.07. The van der Waals surface area contributed by atoms with E-state index < -0.39 is 17.9 Å². The number of benzene rings is 1. The van der Waals surface area contributed by atoms with Crippen molar-refractivity contribution in [3.8, 4) is 12.5 Å². The summed E-state index contributed by atoms with van der Waals surface area (Å²) >= 11 is 0. The van der Waals surface area contributed by atoms with Crippen molar-refractivity contribution in [2.24, 2.45) is 0 Å². The molecule has 1 atom stereocenters. The quantitative estimate of drug-likeness (QED) is 0.147. The molecule has 0 fully saturated rings. The molecular weight excluding hydrogens is 284 g/mol. The third-order valence-corrected chi connectivity index (χ3v) is 2.78. The van der Waals surface area contributed by atoms with Gasteiger partial charge in [0.1, 0.15) is 18.0 Å². The van der Waals surface area contributed by atoms with Crippen molar-refractivity contribution < 1.29 is 24.0 Å². The molecule has 0 radical (unpaired) electrons. The Morgan fingerprint density at radius 1 is 1.32 bits per heavy atom. The van der Waals surface area contributed by atoms with Gasteiger partial charge in [-0.05, 0) is 26.3 Å². The number of esters is 1. The third-order valence-electron chi connectivity index (χ3n) is 2.78. The van der Waals surface area contributed by atoms with Gasteiger partial charge in [-0.3, -0.25) is 0 Å². The molecule has 1 aromatic rings. The fraction of sp³-hybridized carbons (Fsp3) is 0.353. The SMILES string of the molecule is C#COC(C)OC(=O)C(C)=COOC(C)(C)c1ccccc1. The lowest BCUT2D eigenvalue weighted by Crippen LogP contribution is -2.21.